The summed E-state index contributed by atoms with van der Waals surface area (Å²) in [5.41, 5.74) is 5.25. The minimum absolute atomic E-state index is 0.0224. The van der Waals surface area contributed by atoms with E-state index in [1.54, 1.807) is 11.8 Å². The van der Waals surface area contributed by atoms with E-state index in [4.69, 9.17) is 10.5 Å². The standard InChI is InChI=1S/C11H16N4O4/c1-3-14(7-10(16)19-4-2)9-6-5-8(15(17)18)11(12)13-9/h5-6H,3-4,7H2,1-2H3,(H2,12,13). The van der Waals surface area contributed by atoms with E-state index >= 15 is 0 Å². The second-order valence-corrected chi connectivity index (χ2v) is 3.65. The molecule has 0 fully saturated rings. The van der Waals surface area contributed by atoms with E-state index < -0.39 is 4.92 Å². The molecule has 0 radical (unpaired) electrons. The number of hydrogen-bond donors (Lipinski definition) is 1. The van der Waals surface area contributed by atoms with Gasteiger partial charge in [-0.05, 0) is 19.9 Å². The lowest BCUT2D eigenvalue weighted by Crippen LogP contribution is -2.31. The monoisotopic (exact) mass is 268 g/mol. The van der Waals surface area contributed by atoms with Crippen LogP contribution in [-0.4, -0.2) is 35.6 Å². The number of carbonyl (C=O) groups excluding carboxylic acids is 1. The second kappa shape index (κ2) is 6.53. The summed E-state index contributed by atoms with van der Waals surface area (Å²) in [6, 6.07) is 2.72. The van der Waals surface area contributed by atoms with Crippen molar-refractivity contribution < 1.29 is 14.5 Å². The predicted octanol–water partition coefficient (Wildman–Crippen LogP) is 0.961. The van der Waals surface area contributed by atoms with Crippen LogP contribution in [-0.2, 0) is 9.53 Å². The zero-order chi connectivity index (χ0) is 14.4. The molecule has 0 amide bonds. The van der Waals surface area contributed by atoms with Crippen LogP contribution < -0.4 is 10.6 Å². The van der Waals surface area contributed by atoms with Gasteiger partial charge in [-0.25, -0.2) is 4.98 Å². The normalized spacial score (nSPS) is 10.0. The SMILES string of the molecule is CCOC(=O)CN(CC)c1ccc([N+](=O)[O-])c(N)n1. The third-order valence-corrected chi connectivity index (χ3v) is 2.42. The smallest absolute Gasteiger partial charge is 0.325 e. The number of hydrogen-bond acceptors (Lipinski definition) is 7. The average Bonchev–Trinajstić information content (AvgIpc) is 2.35. The molecule has 0 saturated heterocycles. The van der Waals surface area contributed by atoms with E-state index in [0.29, 0.717) is 19.0 Å². The number of likely N-dealkylation sites (N-methyl/N-ethyl adjacent to an activating group) is 1. The molecule has 0 bridgehead atoms. The Kier molecular flexibility index (Phi) is 5.04. The first-order valence-corrected chi connectivity index (χ1v) is 5.81. The summed E-state index contributed by atoms with van der Waals surface area (Å²) < 4.78 is 4.84. The molecular weight excluding hydrogens is 252 g/mol. The Morgan fingerprint density at radius 3 is 2.68 bits per heavy atom. The van der Waals surface area contributed by atoms with Crippen molar-refractivity contribution in [1.82, 2.24) is 4.98 Å². The third kappa shape index (κ3) is 3.80. The van der Waals surface area contributed by atoms with Crippen LogP contribution >= 0.6 is 0 Å². The van der Waals surface area contributed by atoms with Crippen LogP contribution in [0.5, 0.6) is 0 Å². The fourth-order valence-corrected chi connectivity index (χ4v) is 1.50. The maximum absolute atomic E-state index is 11.4. The number of pyridine rings is 1. The Balaban J connectivity index is 2.90. The second-order valence-electron chi connectivity index (χ2n) is 3.65. The predicted molar refractivity (Wildman–Crippen MR) is 69.8 cm³/mol. The summed E-state index contributed by atoms with van der Waals surface area (Å²) in [6.45, 7) is 4.37. The van der Waals surface area contributed by atoms with Gasteiger partial charge in [0.2, 0.25) is 5.82 Å². The number of esters is 1. The highest BCUT2D eigenvalue weighted by molar-refractivity contribution is 5.75. The average molecular weight is 268 g/mol. The molecule has 0 aromatic carbocycles. The Hall–Kier alpha value is -2.38. The van der Waals surface area contributed by atoms with Crippen molar-refractivity contribution in [3.8, 4) is 0 Å². The maximum atomic E-state index is 11.4. The van der Waals surface area contributed by atoms with Crippen molar-refractivity contribution in [2.75, 3.05) is 30.3 Å². The number of anilines is 2. The molecule has 0 aliphatic heterocycles. The summed E-state index contributed by atoms with van der Waals surface area (Å²) in [5.74, 6) is -0.161. The summed E-state index contributed by atoms with van der Waals surface area (Å²) in [7, 11) is 0. The first-order valence-electron chi connectivity index (χ1n) is 5.81. The van der Waals surface area contributed by atoms with E-state index in [2.05, 4.69) is 4.98 Å². The summed E-state index contributed by atoms with van der Waals surface area (Å²) in [4.78, 5) is 27.0. The number of ether oxygens (including phenoxy) is 1. The van der Waals surface area contributed by atoms with Gasteiger partial charge in [-0.15, -0.1) is 0 Å². The topological polar surface area (TPSA) is 112 Å². The number of nitro groups is 1. The third-order valence-electron chi connectivity index (χ3n) is 2.42. The quantitative estimate of drug-likeness (QED) is 0.464. The van der Waals surface area contributed by atoms with Crippen LogP contribution in [0.4, 0.5) is 17.3 Å². The molecule has 0 aliphatic carbocycles. The maximum Gasteiger partial charge on any atom is 0.325 e. The van der Waals surface area contributed by atoms with Crippen molar-refractivity contribution >= 4 is 23.3 Å². The van der Waals surface area contributed by atoms with Gasteiger partial charge in [-0.3, -0.25) is 14.9 Å². The lowest BCUT2D eigenvalue weighted by Gasteiger charge is -2.20. The molecule has 1 aromatic heterocycles. The Bertz CT molecular complexity index is 478. The molecule has 0 aliphatic rings. The van der Waals surface area contributed by atoms with E-state index in [0.717, 1.165) is 0 Å². The molecule has 0 unspecified atom stereocenters. The zero-order valence-corrected chi connectivity index (χ0v) is 10.8. The van der Waals surface area contributed by atoms with Gasteiger partial charge in [-0.2, -0.15) is 0 Å². The summed E-state index contributed by atoms with van der Waals surface area (Å²) >= 11 is 0. The first-order chi connectivity index (χ1) is 8.99. The van der Waals surface area contributed by atoms with Crippen LogP contribution in [0.3, 0.4) is 0 Å². The van der Waals surface area contributed by atoms with E-state index in [9.17, 15) is 14.9 Å². The van der Waals surface area contributed by atoms with Crippen LogP contribution in [0.15, 0.2) is 12.1 Å². The molecule has 19 heavy (non-hydrogen) atoms. The fraction of sp³-hybridized carbons (Fsp3) is 0.455. The summed E-state index contributed by atoms with van der Waals surface area (Å²) in [5, 5.41) is 10.6. The van der Waals surface area contributed by atoms with Crippen molar-refractivity contribution in [2.45, 2.75) is 13.8 Å². The molecule has 0 spiro atoms. The van der Waals surface area contributed by atoms with Gasteiger partial charge in [0.1, 0.15) is 12.4 Å². The number of carbonyl (C=O) groups is 1. The van der Waals surface area contributed by atoms with Crippen LogP contribution in [0.25, 0.3) is 0 Å². The molecule has 1 rings (SSSR count). The molecular formula is C11H16N4O4. The molecule has 104 valence electrons. The Labute approximate surface area is 110 Å². The lowest BCUT2D eigenvalue weighted by atomic mass is 10.3. The van der Waals surface area contributed by atoms with Gasteiger partial charge in [0.15, 0.2) is 0 Å². The number of nitrogens with two attached hydrogens (primary N) is 1. The lowest BCUT2D eigenvalue weighted by molar-refractivity contribution is -0.384. The Morgan fingerprint density at radius 2 is 2.21 bits per heavy atom. The van der Waals surface area contributed by atoms with Crippen molar-refractivity contribution in [3.05, 3.63) is 22.2 Å². The highest BCUT2D eigenvalue weighted by Gasteiger charge is 2.17. The van der Waals surface area contributed by atoms with E-state index in [-0.39, 0.29) is 24.0 Å². The van der Waals surface area contributed by atoms with Gasteiger partial charge < -0.3 is 15.4 Å². The molecule has 1 aromatic rings. The van der Waals surface area contributed by atoms with Gasteiger partial charge in [-0.1, -0.05) is 0 Å². The van der Waals surface area contributed by atoms with Gasteiger partial charge in [0.05, 0.1) is 11.5 Å². The largest absolute Gasteiger partial charge is 0.465 e. The minimum Gasteiger partial charge on any atom is -0.465 e. The summed E-state index contributed by atoms with van der Waals surface area (Å²) in [6.07, 6.45) is 0. The van der Waals surface area contributed by atoms with Gasteiger partial charge in [0, 0.05) is 12.6 Å². The molecule has 1 heterocycles. The molecule has 0 saturated carbocycles. The first kappa shape index (κ1) is 14.7. The highest BCUT2D eigenvalue weighted by atomic mass is 16.6. The van der Waals surface area contributed by atoms with Crippen LogP contribution in [0.2, 0.25) is 0 Å². The number of nitrogen functional groups attached to an aromatic ring is 1. The minimum atomic E-state index is -0.603. The molecule has 8 heteroatoms. The Morgan fingerprint density at radius 1 is 1.53 bits per heavy atom. The number of rotatable bonds is 6. The number of aromatic nitrogens is 1. The highest BCUT2D eigenvalue weighted by Crippen LogP contribution is 2.22. The van der Waals surface area contributed by atoms with Crippen LogP contribution in [0.1, 0.15) is 13.8 Å². The fourth-order valence-electron chi connectivity index (χ4n) is 1.50. The van der Waals surface area contributed by atoms with Gasteiger partial charge >= 0.3 is 11.7 Å². The van der Waals surface area contributed by atoms with Crippen molar-refractivity contribution in [2.24, 2.45) is 0 Å². The van der Waals surface area contributed by atoms with Gasteiger partial charge in [0.25, 0.3) is 0 Å². The van der Waals surface area contributed by atoms with Crippen LogP contribution in [0, 0.1) is 10.1 Å². The zero-order valence-electron chi connectivity index (χ0n) is 10.8. The van der Waals surface area contributed by atoms with E-state index in [1.165, 1.54) is 12.1 Å². The molecule has 2 N–H and O–H groups in total. The molecule has 8 nitrogen and oxygen atoms in total. The van der Waals surface area contributed by atoms with Crippen molar-refractivity contribution in [3.63, 3.8) is 0 Å². The van der Waals surface area contributed by atoms with E-state index in [1.807, 2.05) is 6.92 Å². The molecule has 0 atom stereocenters. The van der Waals surface area contributed by atoms with Crippen molar-refractivity contribution in [1.29, 1.82) is 0 Å². The number of nitrogens with zero attached hydrogens (tertiary/aromatic N) is 3.